The molecule has 0 bridgehead atoms. The van der Waals surface area contributed by atoms with Gasteiger partial charge in [-0.15, -0.1) is 0 Å². The third-order valence-electron chi connectivity index (χ3n) is 4.10. The van der Waals surface area contributed by atoms with Crippen LogP contribution in [0.2, 0.25) is 0 Å². The molecule has 2 rings (SSSR count). The van der Waals surface area contributed by atoms with E-state index in [0.717, 1.165) is 38.5 Å². The number of aromatic carboxylic acids is 1. The highest BCUT2D eigenvalue weighted by Crippen LogP contribution is 2.26. The summed E-state index contributed by atoms with van der Waals surface area (Å²) in [5.41, 5.74) is -0.00894. The number of carbonyl (C=O) groups is 1. The van der Waals surface area contributed by atoms with Gasteiger partial charge in [0.1, 0.15) is 0 Å². The minimum Gasteiger partial charge on any atom is -0.478 e. The summed E-state index contributed by atoms with van der Waals surface area (Å²) in [6, 6.07) is 5.55. The molecule has 1 saturated carbocycles. The van der Waals surface area contributed by atoms with E-state index in [1.807, 2.05) is 0 Å². The van der Waals surface area contributed by atoms with Crippen molar-refractivity contribution in [2.75, 3.05) is 7.05 Å². The average molecular weight is 311 g/mol. The first kappa shape index (κ1) is 16.0. The lowest BCUT2D eigenvalue weighted by molar-refractivity contribution is 0.0696. The van der Waals surface area contributed by atoms with E-state index in [2.05, 4.69) is 0 Å². The molecule has 1 N–H and O–H groups in total. The summed E-state index contributed by atoms with van der Waals surface area (Å²) < 4.78 is 26.7. The molecule has 1 aliphatic rings. The molecular formula is C15H21NO4S. The van der Waals surface area contributed by atoms with Crippen LogP contribution in [-0.4, -0.2) is 36.9 Å². The Kier molecular flexibility index (Phi) is 5.00. The monoisotopic (exact) mass is 311 g/mol. The molecule has 0 atom stereocenters. The Morgan fingerprint density at radius 3 is 2.38 bits per heavy atom. The Balaban J connectivity index is 2.27. The van der Waals surface area contributed by atoms with Crippen molar-refractivity contribution in [1.82, 2.24) is 4.31 Å². The van der Waals surface area contributed by atoms with Gasteiger partial charge in [0.2, 0.25) is 10.0 Å². The molecule has 0 radical (unpaired) electrons. The van der Waals surface area contributed by atoms with E-state index in [0.29, 0.717) is 0 Å². The standard InChI is InChI=1S/C15H21NO4S/c1-16(13-8-4-2-3-5-9-13)21(19,20)14-10-6-7-12(11-14)15(17)18/h6-7,10-11,13H,2-5,8-9H2,1H3,(H,17,18). The van der Waals surface area contributed by atoms with Gasteiger partial charge < -0.3 is 5.11 Å². The van der Waals surface area contributed by atoms with Crippen LogP contribution in [0.5, 0.6) is 0 Å². The number of hydrogen-bond acceptors (Lipinski definition) is 3. The molecule has 0 aromatic heterocycles. The fourth-order valence-electron chi connectivity index (χ4n) is 2.77. The van der Waals surface area contributed by atoms with Crippen LogP contribution in [0.1, 0.15) is 48.9 Å². The summed E-state index contributed by atoms with van der Waals surface area (Å²) in [6.07, 6.45) is 6.12. The summed E-state index contributed by atoms with van der Waals surface area (Å²) >= 11 is 0. The van der Waals surface area contributed by atoms with Crippen LogP contribution in [0, 0.1) is 0 Å². The van der Waals surface area contributed by atoms with Crippen LogP contribution in [0.3, 0.4) is 0 Å². The van der Waals surface area contributed by atoms with Crippen molar-refractivity contribution in [1.29, 1.82) is 0 Å². The lowest BCUT2D eigenvalue weighted by atomic mass is 10.1. The fourth-order valence-corrected chi connectivity index (χ4v) is 4.24. The highest BCUT2D eigenvalue weighted by Gasteiger charge is 2.28. The van der Waals surface area contributed by atoms with Gasteiger partial charge >= 0.3 is 5.97 Å². The maximum atomic E-state index is 12.7. The summed E-state index contributed by atoms with van der Waals surface area (Å²) in [5, 5.41) is 8.99. The average Bonchev–Trinajstić information content (AvgIpc) is 2.75. The maximum Gasteiger partial charge on any atom is 0.335 e. The number of carboxylic acids is 1. The van der Waals surface area contributed by atoms with Crippen molar-refractivity contribution >= 4 is 16.0 Å². The van der Waals surface area contributed by atoms with Gasteiger partial charge in [-0.3, -0.25) is 0 Å². The molecule has 0 aliphatic heterocycles. The molecular weight excluding hydrogens is 290 g/mol. The molecule has 1 aliphatic carbocycles. The lowest BCUT2D eigenvalue weighted by Gasteiger charge is -2.26. The molecule has 116 valence electrons. The van der Waals surface area contributed by atoms with Crippen LogP contribution < -0.4 is 0 Å². The van der Waals surface area contributed by atoms with Crippen molar-refractivity contribution < 1.29 is 18.3 Å². The first-order valence-corrected chi connectivity index (χ1v) is 8.68. The topological polar surface area (TPSA) is 74.7 Å². The minimum atomic E-state index is -3.64. The number of nitrogens with zero attached hydrogens (tertiary/aromatic N) is 1. The third kappa shape index (κ3) is 3.63. The summed E-state index contributed by atoms with van der Waals surface area (Å²) in [7, 11) is -2.04. The lowest BCUT2D eigenvalue weighted by Crippen LogP contribution is -2.36. The van der Waals surface area contributed by atoms with Gasteiger partial charge in [-0.25, -0.2) is 13.2 Å². The first-order valence-electron chi connectivity index (χ1n) is 7.24. The largest absolute Gasteiger partial charge is 0.478 e. The number of carboxylic acid groups (broad SMARTS) is 1. The van der Waals surface area contributed by atoms with Crippen molar-refractivity contribution in [2.24, 2.45) is 0 Å². The Bertz CT molecular complexity index is 604. The van der Waals surface area contributed by atoms with Crippen LogP contribution in [0.15, 0.2) is 29.2 Å². The van der Waals surface area contributed by atoms with Gasteiger partial charge in [-0.05, 0) is 31.0 Å². The summed E-state index contributed by atoms with van der Waals surface area (Å²) in [5.74, 6) is -1.12. The van der Waals surface area contributed by atoms with E-state index in [9.17, 15) is 13.2 Å². The van der Waals surface area contributed by atoms with Crippen molar-refractivity contribution in [3.63, 3.8) is 0 Å². The Morgan fingerprint density at radius 1 is 1.19 bits per heavy atom. The fraction of sp³-hybridized carbons (Fsp3) is 0.533. The van der Waals surface area contributed by atoms with Gasteiger partial charge in [0.15, 0.2) is 0 Å². The van der Waals surface area contributed by atoms with Crippen molar-refractivity contribution in [3.8, 4) is 0 Å². The van der Waals surface area contributed by atoms with Gasteiger partial charge in [0.05, 0.1) is 10.5 Å². The van der Waals surface area contributed by atoms with Crippen molar-refractivity contribution in [3.05, 3.63) is 29.8 Å². The summed E-state index contributed by atoms with van der Waals surface area (Å²) in [4.78, 5) is 11.0. The minimum absolute atomic E-state index is 0.00554. The van der Waals surface area contributed by atoms with Gasteiger partial charge in [-0.1, -0.05) is 31.7 Å². The Morgan fingerprint density at radius 2 is 1.81 bits per heavy atom. The molecule has 0 heterocycles. The second-order valence-corrected chi connectivity index (χ2v) is 7.50. The number of hydrogen-bond donors (Lipinski definition) is 1. The quantitative estimate of drug-likeness (QED) is 0.868. The molecule has 1 fully saturated rings. The molecule has 6 heteroatoms. The highest BCUT2D eigenvalue weighted by molar-refractivity contribution is 7.89. The van der Waals surface area contributed by atoms with Gasteiger partial charge in [0.25, 0.3) is 0 Å². The second-order valence-electron chi connectivity index (χ2n) is 5.50. The first-order chi connectivity index (χ1) is 9.93. The van der Waals surface area contributed by atoms with Crippen LogP contribution in [0.4, 0.5) is 0 Å². The molecule has 1 aromatic carbocycles. The predicted octanol–water partition coefficient (Wildman–Crippen LogP) is 2.73. The van der Waals surface area contributed by atoms with E-state index < -0.39 is 16.0 Å². The second kappa shape index (κ2) is 6.58. The normalized spacial score (nSPS) is 17.6. The van der Waals surface area contributed by atoms with Crippen LogP contribution >= 0.6 is 0 Å². The smallest absolute Gasteiger partial charge is 0.335 e. The molecule has 0 saturated heterocycles. The van der Waals surface area contributed by atoms with Crippen LogP contribution in [0.25, 0.3) is 0 Å². The molecule has 0 unspecified atom stereocenters. The number of sulfonamides is 1. The van der Waals surface area contributed by atoms with E-state index in [1.54, 1.807) is 7.05 Å². The molecule has 0 spiro atoms. The van der Waals surface area contributed by atoms with E-state index in [4.69, 9.17) is 5.11 Å². The van der Waals surface area contributed by atoms with E-state index in [1.165, 1.54) is 28.6 Å². The van der Waals surface area contributed by atoms with Crippen LogP contribution in [-0.2, 0) is 10.0 Å². The highest BCUT2D eigenvalue weighted by atomic mass is 32.2. The third-order valence-corrected chi connectivity index (χ3v) is 6.00. The molecule has 1 aromatic rings. The maximum absolute atomic E-state index is 12.7. The zero-order valence-electron chi connectivity index (χ0n) is 12.2. The predicted molar refractivity (Wildman–Crippen MR) is 79.8 cm³/mol. The Hall–Kier alpha value is -1.40. The van der Waals surface area contributed by atoms with E-state index >= 15 is 0 Å². The van der Waals surface area contributed by atoms with Crippen molar-refractivity contribution in [2.45, 2.75) is 49.5 Å². The molecule has 21 heavy (non-hydrogen) atoms. The van der Waals surface area contributed by atoms with Gasteiger partial charge in [0, 0.05) is 13.1 Å². The molecule has 5 nitrogen and oxygen atoms in total. The zero-order valence-corrected chi connectivity index (χ0v) is 13.0. The zero-order chi connectivity index (χ0) is 15.5. The number of rotatable bonds is 4. The molecule has 0 amide bonds. The van der Waals surface area contributed by atoms with E-state index in [-0.39, 0.29) is 16.5 Å². The van der Waals surface area contributed by atoms with Gasteiger partial charge in [-0.2, -0.15) is 4.31 Å². The Labute approximate surface area is 125 Å². The SMILES string of the molecule is CN(C1CCCCCC1)S(=O)(=O)c1cccc(C(=O)O)c1. The number of benzene rings is 1. The summed E-state index contributed by atoms with van der Waals surface area (Å²) in [6.45, 7) is 0.